The van der Waals surface area contributed by atoms with Crippen molar-refractivity contribution >= 4 is 23.3 Å². The van der Waals surface area contributed by atoms with Gasteiger partial charge in [-0.3, -0.25) is 0 Å². The Labute approximate surface area is 227 Å². The highest BCUT2D eigenvalue weighted by Gasteiger charge is 2.48. The SMILES string of the molecule is Cc1cnc2nc(CC3=C(O)CC(CCc4ccc(C(C)(C)C#N)c(Cl)c4)(C4CCCC4)OC3=O)nn2c1. The van der Waals surface area contributed by atoms with Crippen LogP contribution in [0, 0.1) is 24.2 Å². The molecule has 0 amide bonds. The number of carbonyl (C=O) groups excluding carboxylic acids is 1. The fourth-order valence-corrected chi connectivity index (χ4v) is 6.22. The summed E-state index contributed by atoms with van der Waals surface area (Å²) in [4.78, 5) is 22.0. The number of rotatable bonds is 7. The van der Waals surface area contributed by atoms with Gasteiger partial charge in [0.1, 0.15) is 11.4 Å². The molecule has 1 saturated carbocycles. The minimum atomic E-state index is -0.775. The van der Waals surface area contributed by atoms with Crippen LogP contribution in [0.5, 0.6) is 0 Å². The molecule has 2 aromatic heterocycles. The minimum absolute atomic E-state index is 0.0558. The summed E-state index contributed by atoms with van der Waals surface area (Å²) in [6.45, 7) is 5.60. The first-order chi connectivity index (χ1) is 18.1. The Balaban J connectivity index is 1.38. The van der Waals surface area contributed by atoms with Crippen LogP contribution >= 0.6 is 11.6 Å². The van der Waals surface area contributed by atoms with Gasteiger partial charge in [0, 0.05) is 30.3 Å². The highest BCUT2D eigenvalue weighted by Crippen LogP contribution is 2.46. The molecule has 8 nitrogen and oxygen atoms in total. The first kappa shape index (κ1) is 26.2. The van der Waals surface area contributed by atoms with E-state index < -0.39 is 17.0 Å². The molecule has 198 valence electrons. The average Bonchev–Trinajstić information content (AvgIpc) is 3.55. The van der Waals surface area contributed by atoms with Crippen molar-refractivity contribution in [2.45, 2.75) is 83.2 Å². The largest absolute Gasteiger partial charge is 0.512 e. The Morgan fingerprint density at radius 1 is 1.32 bits per heavy atom. The van der Waals surface area contributed by atoms with E-state index in [2.05, 4.69) is 21.1 Å². The second-order valence-electron chi connectivity index (χ2n) is 11.2. The van der Waals surface area contributed by atoms with Gasteiger partial charge in [0.2, 0.25) is 0 Å². The van der Waals surface area contributed by atoms with Crippen LogP contribution < -0.4 is 0 Å². The van der Waals surface area contributed by atoms with Gasteiger partial charge in [-0.1, -0.05) is 36.6 Å². The number of nitriles is 1. The lowest BCUT2D eigenvalue weighted by Crippen LogP contribution is -2.46. The summed E-state index contributed by atoms with van der Waals surface area (Å²) < 4.78 is 7.82. The second kappa shape index (κ2) is 10.0. The van der Waals surface area contributed by atoms with Gasteiger partial charge in [-0.15, -0.1) is 5.10 Å². The van der Waals surface area contributed by atoms with Gasteiger partial charge in [-0.25, -0.2) is 14.3 Å². The molecular weight excluding hydrogens is 502 g/mol. The van der Waals surface area contributed by atoms with Crippen LogP contribution in [-0.4, -0.2) is 36.3 Å². The number of hydrogen-bond acceptors (Lipinski definition) is 7. The number of fused-ring (bicyclic) bond motifs is 1. The van der Waals surface area contributed by atoms with E-state index >= 15 is 0 Å². The number of aryl methyl sites for hydroxylation is 2. The molecule has 9 heteroatoms. The number of halogens is 1. The fraction of sp³-hybridized carbons (Fsp3) is 0.483. The van der Waals surface area contributed by atoms with E-state index in [1.54, 1.807) is 10.7 Å². The lowest BCUT2D eigenvalue weighted by Gasteiger charge is -2.41. The molecule has 5 rings (SSSR count). The molecule has 1 aliphatic carbocycles. The number of nitrogens with zero attached hydrogens (tertiary/aromatic N) is 5. The van der Waals surface area contributed by atoms with Crippen LogP contribution in [0.1, 0.15) is 74.9 Å². The molecule has 38 heavy (non-hydrogen) atoms. The van der Waals surface area contributed by atoms with E-state index in [9.17, 15) is 15.2 Å². The van der Waals surface area contributed by atoms with Crippen molar-refractivity contribution in [3.8, 4) is 6.07 Å². The Morgan fingerprint density at radius 3 is 2.76 bits per heavy atom. The average molecular weight is 534 g/mol. The van der Waals surface area contributed by atoms with Gasteiger partial charge in [0.15, 0.2) is 5.82 Å². The molecule has 3 heterocycles. The number of cyclic esters (lactones) is 1. The Morgan fingerprint density at radius 2 is 2.08 bits per heavy atom. The van der Waals surface area contributed by atoms with Gasteiger partial charge in [-0.05, 0) is 75.1 Å². The number of esters is 1. The Bertz CT molecular complexity index is 1460. The lowest BCUT2D eigenvalue weighted by atomic mass is 9.76. The summed E-state index contributed by atoms with van der Waals surface area (Å²) in [5, 5.41) is 25.6. The van der Waals surface area contributed by atoms with Crippen LogP contribution in [0.25, 0.3) is 5.78 Å². The third-order valence-electron chi connectivity index (χ3n) is 7.98. The van der Waals surface area contributed by atoms with Crippen molar-refractivity contribution in [1.29, 1.82) is 5.26 Å². The second-order valence-corrected chi connectivity index (χ2v) is 11.6. The van der Waals surface area contributed by atoms with Crippen molar-refractivity contribution in [3.05, 3.63) is 69.5 Å². The van der Waals surface area contributed by atoms with Crippen molar-refractivity contribution in [3.63, 3.8) is 0 Å². The molecular formula is C29H32ClN5O3. The van der Waals surface area contributed by atoms with Crippen molar-refractivity contribution in [1.82, 2.24) is 19.6 Å². The van der Waals surface area contributed by atoms with Gasteiger partial charge in [-0.2, -0.15) is 10.2 Å². The molecule has 0 bridgehead atoms. The Kier molecular flexibility index (Phi) is 6.91. The van der Waals surface area contributed by atoms with Crippen LogP contribution in [0.3, 0.4) is 0 Å². The summed E-state index contributed by atoms with van der Waals surface area (Å²) in [7, 11) is 0. The molecule has 1 atom stereocenters. The molecule has 1 unspecified atom stereocenters. The summed E-state index contributed by atoms with van der Waals surface area (Å²) in [6, 6.07) is 8.09. The number of ether oxygens (including phenoxy) is 1. The summed E-state index contributed by atoms with van der Waals surface area (Å²) in [6.07, 6.45) is 9.20. The van der Waals surface area contributed by atoms with Crippen molar-refractivity contribution in [2.75, 3.05) is 0 Å². The third-order valence-corrected chi connectivity index (χ3v) is 8.29. The van der Waals surface area contributed by atoms with Gasteiger partial charge in [0.05, 0.1) is 17.1 Å². The zero-order valence-electron chi connectivity index (χ0n) is 22.0. The van der Waals surface area contributed by atoms with E-state index in [1.807, 2.05) is 45.2 Å². The first-order valence-corrected chi connectivity index (χ1v) is 13.5. The van der Waals surface area contributed by atoms with E-state index in [0.29, 0.717) is 29.5 Å². The number of aromatic nitrogens is 4. The maximum absolute atomic E-state index is 13.3. The van der Waals surface area contributed by atoms with E-state index in [-0.39, 0.29) is 30.1 Å². The third kappa shape index (κ3) is 5.00. The van der Waals surface area contributed by atoms with Crippen molar-refractivity contribution in [2.24, 2.45) is 5.92 Å². The van der Waals surface area contributed by atoms with Crippen LogP contribution in [0.4, 0.5) is 0 Å². The van der Waals surface area contributed by atoms with Crippen molar-refractivity contribution < 1.29 is 14.6 Å². The predicted octanol–water partition coefficient (Wildman–Crippen LogP) is 5.75. The number of hydrogen-bond donors (Lipinski definition) is 1. The van der Waals surface area contributed by atoms with E-state index in [1.165, 1.54) is 0 Å². The molecule has 3 aromatic rings. The highest BCUT2D eigenvalue weighted by atomic mass is 35.5. The van der Waals surface area contributed by atoms with Gasteiger partial charge < -0.3 is 9.84 Å². The predicted molar refractivity (Wildman–Crippen MR) is 143 cm³/mol. The maximum atomic E-state index is 13.3. The maximum Gasteiger partial charge on any atom is 0.338 e. The number of carbonyl (C=O) groups is 1. The van der Waals surface area contributed by atoms with E-state index in [4.69, 9.17) is 16.3 Å². The normalized spacial score (nSPS) is 20.7. The summed E-state index contributed by atoms with van der Waals surface area (Å²) >= 11 is 6.55. The molecule has 1 fully saturated rings. The molecule has 2 aliphatic rings. The van der Waals surface area contributed by atoms with Crippen LogP contribution in [-0.2, 0) is 27.8 Å². The standard InChI is InChI=1S/C29H32ClN5O3/c1-18-15-32-27-33-25(34-35(27)16-18)13-21-24(36)14-29(38-26(21)37,20-6-4-5-7-20)11-10-19-8-9-22(23(30)12-19)28(2,3)17-31/h8-9,12,15-16,20,36H,4-7,10-11,13-14H2,1-3H3. The molecule has 0 radical (unpaired) electrons. The first-order valence-electron chi connectivity index (χ1n) is 13.1. The molecule has 1 aliphatic heterocycles. The number of aliphatic hydroxyl groups is 1. The Hall–Kier alpha value is -3.44. The quantitative estimate of drug-likeness (QED) is 0.384. The molecule has 0 saturated heterocycles. The van der Waals surface area contributed by atoms with Gasteiger partial charge in [0.25, 0.3) is 5.78 Å². The molecule has 1 aromatic carbocycles. The van der Waals surface area contributed by atoms with Gasteiger partial charge >= 0.3 is 5.97 Å². The monoisotopic (exact) mass is 533 g/mol. The topological polar surface area (TPSA) is 113 Å². The van der Waals surface area contributed by atoms with E-state index in [0.717, 1.165) is 42.4 Å². The smallest absolute Gasteiger partial charge is 0.338 e. The fourth-order valence-electron chi connectivity index (χ4n) is 5.78. The molecule has 1 N–H and O–H groups in total. The highest BCUT2D eigenvalue weighted by molar-refractivity contribution is 6.31. The lowest BCUT2D eigenvalue weighted by molar-refractivity contribution is -0.167. The summed E-state index contributed by atoms with van der Waals surface area (Å²) in [5.41, 5.74) is 1.49. The number of benzene rings is 1. The zero-order chi connectivity index (χ0) is 27.1. The summed E-state index contributed by atoms with van der Waals surface area (Å²) in [5.74, 6) is 0.582. The zero-order valence-corrected chi connectivity index (χ0v) is 22.8. The van der Waals surface area contributed by atoms with Crippen LogP contribution in [0.2, 0.25) is 5.02 Å². The minimum Gasteiger partial charge on any atom is -0.512 e. The number of aliphatic hydroxyl groups excluding tert-OH is 1. The van der Waals surface area contributed by atoms with Crippen LogP contribution in [0.15, 0.2) is 41.9 Å². The molecule has 0 spiro atoms.